The Morgan fingerprint density at radius 2 is 1.64 bits per heavy atom. The highest BCUT2D eigenvalue weighted by Crippen LogP contribution is 2.12. The van der Waals surface area contributed by atoms with Crippen molar-refractivity contribution in [3.05, 3.63) is 89.5 Å². The number of pyridine rings is 2. The highest BCUT2D eigenvalue weighted by atomic mass is 16.2. The lowest BCUT2D eigenvalue weighted by Gasteiger charge is -2.17. The molecule has 2 heterocycles. The third kappa shape index (κ3) is 5.01. The van der Waals surface area contributed by atoms with Crippen LogP contribution in [0.25, 0.3) is 0 Å². The molecule has 6 nitrogen and oxygen atoms in total. The molecule has 0 atom stereocenters. The van der Waals surface area contributed by atoms with Crippen molar-refractivity contribution in [1.82, 2.24) is 14.9 Å². The summed E-state index contributed by atoms with van der Waals surface area (Å²) < 4.78 is 0. The number of benzene rings is 1. The van der Waals surface area contributed by atoms with Gasteiger partial charge in [-0.2, -0.15) is 0 Å². The maximum absolute atomic E-state index is 12.7. The SMILES string of the molecule is Cc1ccc(NC(=O)c2cncc(C(=O)N(C)CCc3ccncc3)c2)cc1. The molecule has 3 aromatic rings. The lowest BCUT2D eigenvalue weighted by Crippen LogP contribution is -2.29. The largest absolute Gasteiger partial charge is 0.341 e. The van der Waals surface area contributed by atoms with E-state index in [9.17, 15) is 9.59 Å². The Kier molecular flexibility index (Phi) is 6.11. The lowest BCUT2D eigenvalue weighted by atomic mass is 10.1. The number of amides is 2. The number of likely N-dealkylation sites (N-methyl/N-ethyl adjacent to an activating group) is 1. The van der Waals surface area contributed by atoms with Gasteiger partial charge in [-0.25, -0.2) is 0 Å². The Morgan fingerprint density at radius 1 is 0.964 bits per heavy atom. The van der Waals surface area contributed by atoms with Crippen LogP contribution in [-0.4, -0.2) is 40.3 Å². The second kappa shape index (κ2) is 8.90. The van der Waals surface area contributed by atoms with Crippen molar-refractivity contribution in [1.29, 1.82) is 0 Å². The van der Waals surface area contributed by atoms with E-state index in [0.29, 0.717) is 23.4 Å². The number of nitrogens with one attached hydrogen (secondary N) is 1. The van der Waals surface area contributed by atoms with Crippen LogP contribution in [0.3, 0.4) is 0 Å². The first kappa shape index (κ1) is 19.2. The van der Waals surface area contributed by atoms with Crippen molar-refractivity contribution in [2.24, 2.45) is 0 Å². The molecule has 3 rings (SSSR count). The number of rotatable bonds is 6. The summed E-state index contributed by atoms with van der Waals surface area (Å²) in [6.45, 7) is 2.54. The van der Waals surface area contributed by atoms with Gasteiger partial charge in [-0.1, -0.05) is 17.7 Å². The Morgan fingerprint density at radius 3 is 2.36 bits per heavy atom. The van der Waals surface area contributed by atoms with Crippen LogP contribution in [0.4, 0.5) is 5.69 Å². The van der Waals surface area contributed by atoms with Crippen LogP contribution in [0.15, 0.2) is 67.3 Å². The van der Waals surface area contributed by atoms with Gasteiger partial charge in [-0.15, -0.1) is 0 Å². The van der Waals surface area contributed by atoms with Gasteiger partial charge < -0.3 is 10.2 Å². The molecule has 2 aromatic heterocycles. The fourth-order valence-corrected chi connectivity index (χ4v) is 2.69. The van der Waals surface area contributed by atoms with E-state index in [1.165, 1.54) is 12.4 Å². The third-order valence-electron chi connectivity index (χ3n) is 4.39. The summed E-state index contributed by atoms with van der Waals surface area (Å²) in [6.07, 6.45) is 7.13. The molecule has 0 fully saturated rings. The Hall–Kier alpha value is -3.54. The van der Waals surface area contributed by atoms with E-state index in [0.717, 1.165) is 17.5 Å². The zero-order valence-electron chi connectivity index (χ0n) is 15.9. The highest BCUT2D eigenvalue weighted by molar-refractivity contribution is 6.05. The summed E-state index contributed by atoms with van der Waals surface area (Å²) >= 11 is 0. The van der Waals surface area contributed by atoms with E-state index < -0.39 is 0 Å². The van der Waals surface area contributed by atoms with Crippen molar-refractivity contribution < 1.29 is 9.59 Å². The molecule has 28 heavy (non-hydrogen) atoms. The molecule has 0 bridgehead atoms. The van der Waals surface area contributed by atoms with Crippen LogP contribution in [0.5, 0.6) is 0 Å². The highest BCUT2D eigenvalue weighted by Gasteiger charge is 2.15. The number of hydrogen-bond acceptors (Lipinski definition) is 4. The quantitative estimate of drug-likeness (QED) is 0.718. The van der Waals surface area contributed by atoms with Crippen molar-refractivity contribution in [2.75, 3.05) is 18.9 Å². The van der Waals surface area contributed by atoms with Crippen LogP contribution in [-0.2, 0) is 6.42 Å². The van der Waals surface area contributed by atoms with Gasteiger partial charge in [-0.3, -0.25) is 19.6 Å². The molecule has 142 valence electrons. The molecule has 0 aliphatic rings. The predicted molar refractivity (Wildman–Crippen MR) is 108 cm³/mol. The van der Waals surface area contributed by atoms with Gasteiger partial charge >= 0.3 is 0 Å². The number of carbonyl (C=O) groups is 2. The van der Waals surface area contributed by atoms with Crippen LogP contribution in [0.2, 0.25) is 0 Å². The van der Waals surface area contributed by atoms with E-state index in [1.807, 2.05) is 43.3 Å². The minimum absolute atomic E-state index is 0.174. The fraction of sp³-hybridized carbons (Fsp3) is 0.182. The van der Waals surface area contributed by atoms with Gasteiger partial charge in [0.15, 0.2) is 0 Å². The lowest BCUT2D eigenvalue weighted by molar-refractivity contribution is 0.0796. The summed E-state index contributed by atoms with van der Waals surface area (Å²) in [5.41, 5.74) is 3.64. The predicted octanol–water partition coefficient (Wildman–Crippen LogP) is 3.35. The van der Waals surface area contributed by atoms with Crippen LogP contribution >= 0.6 is 0 Å². The molecule has 0 saturated heterocycles. The van der Waals surface area contributed by atoms with Crippen LogP contribution in [0.1, 0.15) is 31.8 Å². The third-order valence-corrected chi connectivity index (χ3v) is 4.39. The Bertz CT molecular complexity index is 956. The molecule has 0 aliphatic heterocycles. The van der Waals surface area contributed by atoms with Gasteiger partial charge in [0.2, 0.25) is 0 Å². The van der Waals surface area contributed by atoms with Crippen molar-refractivity contribution in [3.8, 4) is 0 Å². The zero-order chi connectivity index (χ0) is 19.9. The second-order valence-corrected chi connectivity index (χ2v) is 6.61. The van der Waals surface area contributed by atoms with Gasteiger partial charge in [0.25, 0.3) is 11.8 Å². The van der Waals surface area contributed by atoms with Gasteiger partial charge in [0, 0.05) is 44.1 Å². The molecule has 0 aliphatic carbocycles. The van der Waals surface area contributed by atoms with Crippen LogP contribution < -0.4 is 5.32 Å². The maximum Gasteiger partial charge on any atom is 0.257 e. The zero-order valence-corrected chi connectivity index (χ0v) is 15.9. The molecule has 1 N–H and O–H groups in total. The minimum Gasteiger partial charge on any atom is -0.341 e. The maximum atomic E-state index is 12.7. The van der Waals surface area contributed by atoms with Gasteiger partial charge in [-0.05, 0) is 49.2 Å². The minimum atomic E-state index is -0.301. The van der Waals surface area contributed by atoms with Gasteiger partial charge in [0.05, 0.1) is 11.1 Å². The molecular formula is C22H22N4O2. The topological polar surface area (TPSA) is 75.2 Å². The number of nitrogens with zero attached hydrogens (tertiary/aromatic N) is 3. The van der Waals surface area contributed by atoms with Crippen molar-refractivity contribution in [2.45, 2.75) is 13.3 Å². The number of aromatic nitrogens is 2. The van der Waals surface area contributed by atoms with E-state index in [1.54, 1.807) is 30.4 Å². The summed E-state index contributed by atoms with van der Waals surface area (Å²) in [5, 5.41) is 2.82. The monoisotopic (exact) mass is 374 g/mol. The number of hydrogen-bond donors (Lipinski definition) is 1. The van der Waals surface area contributed by atoms with Crippen molar-refractivity contribution in [3.63, 3.8) is 0 Å². The first-order valence-electron chi connectivity index (χ1n) is 9.00. The first-order chi connectivity index (χ1) is 13.5. The van der Waals surface area contributed by atoms with E-state index in [-0.39, 0.29) is 11.8 Å². The molecule has 0 saturated carbocycles. The Labute approximate surface area is 164 Å². The average molecular weight is 374 g/mol. The summed E-state index contributed by atoms with van der Waals surface area (Å²) in [4.78, 5) is 34.8. The fourth-order valence-electron chi connectivity index (χ4n) is 2.69. The van der Waals surface area contributed by atoms with E-state index in [2.05, 4.69) is 15.3 Å². The first-order valence-corrected chi connectivity index (χ1v) is 9.00. The normalized spacial score (nSPS) is 10.4. The van der Waals surface area contributed by atoms with Gasteiger partial charge in [0.1, 0.15) is 0 Å². The number of carbonyl (C=O) groups excluding carboxylic acids is 2. The molecular weight excluding hydrogens is 352 g/mol. The Balaban J connectivity index is 1.65. The smallest absolute Gasteiger partial charge is 0.257 e. The summed E-state index contributed by atoms with van der Waals surface area (Å²) in [6, 6.07) is 12.9. The van der Waals surface area contributed by atoms with Crippen LogP contribution in [0, 0.1) is 6.92 Å². The molecule has 0 radical (unpaired) electrons. The van der Waals surface area contributed by atoms with E-state index in [4.69, 9.17) is 0 Å². The number of aryl methyl sites for hydroxylation is 1. The molecule has 6 heteroatoms. The second-order valence-electron chi connectivity index (χ2n) is 6.61. The van der Waals surface area contributed by atoms with E-state index >= 15 is 0 Å². The number of anilines is 1. The molecule has 0 spiro atoms. The standard InChI is InChI=1S/C22H22N4O2/c1-16-3-5-20(6-4-16)25-21(27)18-13-19(15-24-14-18)22(28)26(2)12-9-17-7-10-23-11-8-17/h3-8,10-11,13-15H,9,12H2,1-2H3,(H,25,27). The molecule has 1 aromatic carbocycles. The molecule has 0 unspecified atom stereocenters. The molecule has 2 amide bonds. The summed E-state index contributed by atoms with van der Waals surface area (Å²) in [5.74, 6) is -0.475. The summed E-state index contributed by atoms with van der Waals surface area (Å²) in [7, 11) is 1.74. The average Bonchev–Trinajstić information content (AvgIpc) is 2.74. The van der Waals surface area contributed by atoms with Crippen molar-refractivity contribution >= 4 is 17.5 Å².